The molecule has 20 heavy (non-hydrogen) atoms. The second-order valence-corrected chi connectivity index (χ2v) is 7.42. The van der Waals surface area contributed by atoms with Gasteiger partial charge in [-0.05, 0) is 20.0 Å². The van der Waals surface area contributed by atoms with E-state index in [-0.39, 0.29) is 6.54 Å². The molecule has 0 saturated heterocycles. The van der Waals surface area contributed by atoms with E-state index in [1.165, 1.54) is 17.7 Å². The number of sulfonamides is 1. The summed E-state index contributed by atoms with van der Waals surface area (Å²) >= 11 is 1.48. The first-order valence-electron chi connectivity index (χ1n) is 6.00. The lowest BCUT2D eigenvalue weighted by Crippen LogP contribution is -2.24. The second-order valence-electron chi connectivity index (χ2n) is 4.35. The van der Waals surface area contributed by atoms with Crippen LogP contribution in [0.2, 0.25) is 0 Å². The van der Waals surface area contributed by atoms with Crippen LogP contribution in [0.1, 0.15) is 15.6 Å². The molecule has 2 rings (SSSR count). The number of hydrogen-bond acceptors (Lipinski definition) is 6. The van der Waals surface area contributed by atoms with E-state index in [4.69, 9.17) is 0 Å². The van der Waals surface area contributed by atoms with Gasteiger partial charge < -0.3 is 9.88 Å². The molecular weight excluding hydrogens is 298 g/mol. The van der Waals surface area contributed by atoms with Crippen LogP contribution in [0.25, 0.3) is 0 Å². The smallest absolute Gasteiger partial charge is 0.242 e. The number of aryl methyl sites for hydroxylation is 2. The first-order valence-corrected chi connectivity index (χ1v) is 8.30. The summed E-state index contributed by atoms with van der Waals surface area (Å²) in [6.07, 6.45) is 1.53. The zero-order valence-electron chi connectivity index (χ0n) is 11.5. The molecule has 0 amide bonds. The Balaban J connectivity index is 2.16. The van der Waals surface area contributed by atoms with Gasteiger partial charge in [0.25, 0.3) is 0 Å². The normalized spacial score (nSPS) is 11.9. The molecule has 0 bridgehead atoms. The van der Waals surface area contributed by atoms with Crippen LogP contribution in [-0.2, 0) is 30.2 Å². The molecule has 110 valence electrons. The minimum absolute atomic E-state index is 0.121. The van der Waals surface area contributed by atoms with Gasteiger partial charge in [-0.3, -0.25) is 0 Å². The van der Waals surface area contributed by atoms with Crippen molar-refractivity contribution in [2.45, 2.75) is 24.9 Å². The molecular formula is C11H17N5O2S2. The van der Waals surface area contributed by atoms with E-state index in [1.54, 1.807) is 24.6 Å². The molecule has 0 aliphatic heterocycles. The van der Waals surface area contributed by atoms with Gasteiger partial charge in [0.2, 0.25) is 10.0 Å². The minimum Gasteiger partial charge on any atom is -0.320 e. The van der Waals surface area contributed by atoms with Crippen molar-refractivity contribution in [1.82, 2.24) is 24.8 Å². The predicted octanol–water partition coefficient (Wildman–Crippen LogP) is 0.383. The molecule has 2 aromatic heterocycles. The first-order chi connectivity index (χ1) is 9.44. The Morgan fingerprint density at radius 1 is 1.40 bits per heavy atom. The van der Waals surface area contributed by atoms with Gasteiger partial charge in [0.1, 0.15) is 12.2 Å². The molecule has 9 heteroatoms. The zero-order valence-corrected chi connectivity index (χ0v) is 13.2. The average molecular weight is 315 g/mol. The van der Waals surface area contributed by atoms with Crippen molar-refractivity contribution in [1.29, 1.82) is 0 Å². The Morgan fingerprint density at radius 3 is 2.75 bits per heavy atom. The van der Waals surface area contributed by atoms with E-state index in [2.05, 4.69) is 20.2 Å². The van der Waals surface area contributed by atoms with Gasteiger partial charge in [0.15, 0.2) is 0 Å². The van der Waals surface area contributed by atoms with Gasteiger partial charge in [-0.15, -0.1) is 21.5 Å². The highest BCUT2D eigenvalue weighted by molar-refractivity contribution is 7.89. The van der Waals surface area contributed by atoms with Crippen molar-refractivity contribution in [3.05, 3.63) is 28.0 Å². The monoisotopic (exact) mass is 315 g/mol. The Labute approximate surface area is 122 Å². The van der Waals surface area contributed by atoms with E-state index in [0.717, 1.165) is 9.75 Å². The second kappa shape index (κ2) is 6.00. The maximum absolute atomic E-state index is 12.3. The Morgan fingerprint density at radius 2 is 2.15 bits per heavy atom. The Hall–Kier alpha value is -1.29. The van der Waals surface area contributed by atoms with E-state index >= 15 is 0 Å². The van der Waals surface area contributed by atoms with Crippen LogP contribution < -0.4 is 10.0 Å². The average Bonchev–Trinajstić information content (AvgIpc) is 2.94. The lowest BCUT2D eigenvalue weighted by molar-refractivity contribution is 0.577. The van der Waals surface area contributed by atoms with Crippen molar-refractivity contribution in [3.63, 3.8) is 0 Å². The van der Waals surface area contributed by atoms with E-state index in [1.807, 2.05) is 7.05 Å². The molecule has 0 fully saturated rings. The molecule has 0 saturated carbocycles. The van der Waals surface area contributed by atoms with Gasteiger partial charge in [-0.1, -0.05) is 0 Å². The third-order valence-electron chi connectivity index (χ3n) is 2.79. The maximum atomic E-state index is 12.3. The molecule has 2 heterocycles. The molecule has 0 spiro atoms. The van der Waals surface area contributed by atoms with Gasteiger partial charge in [-0.2, -0.15) is 0 Å². The molecule has 0 aromatic carbocycles. The van der Waals surface area contributed by atoms with Crippen LogP contribution in [0.3, 0.4) is 0 Å². The third-order valence-corrected chi connectivity index (χ3v) is 5.50. The van der Waals surface area contributed by atoms with Crippen molar-refractivity contribution in [2.75, 3.05) is 7.05 Å². The number of aromatic nitrogens is 3. The summed E-state index contributed by atoms with van der Waals surface area (Å²) in [5.74, 6) is 0.567. The van der Waals surface area contributed by atoms with Crippen LogP contribution in [0.4, 0.5) is 0 Å². The molecule has 0 radical (unpaired) electrons. The predicted molar refractivity (Wildman–Crippen MR) is 76.8 cm³/mol. The molecule has 0 aliphatic rings. The fourth-order valence-corrected chi connectivity index (χ4v) is 4.38. The third kappa shape index (κ3) is 3.23. The maximum Gasteiger partial charge on any atom is 0.242 e. The lowest BCUT2D eigenvalue weighted by Gasteiger charge is -2.05. The molecule has 0 aliphatic carbocycles. The largest absolute Gasteiger partial charge is 0.320 e. The highest BCUT2D eigenvalue weighted by atomic mass is 32.2. The van der Waals surface area contributed by atoms with Crippen LogP contribution >= 0.6 is 11.3 Å². The highest BCUT2D eigenvalue weighted by Gasteiger charge is 2.20. The summed E-state index contributed by atoms with van der Waals surface area (Å²) in [6, 6.07) is 1.70. The van der Waals surface area contributed by atoms with E-state index in [0.29, 0.717) is 17.3 Å². The van der Waals surface area contributed by atoms with E-state index in [9.17, 15) is 8.42 Å². The van der Waals surface area contributed by atoms with Gasteiger partial charge in [0, 0.05) is 23.3 Å². The summed E-state index contributed by atoms with van der Waals surface area (Å²) in [6.45, 7) is 2.58. The molecule has 2 N–H and O–H groups in total. The summed E-state index contributed by atoms with van der Waals surface area (Å²) in [5, 5.41) is 10.6. The number of nitrogens with one attached hydrogen (secondary N) is 2. The molecule has 7 nitrogen and oxygen atoms in total. The van der Waals surface area contributed by atoms with Gasteiger partial charge in [0.05, 0.1) is 11.4 Å². The Kier molecular flexibility index (Phi) is 4.53. The number of hydrogen-bond donors (Lipinski definition) is 2. The quantitative estimate of drug-likeness (QED) is 0.804. The van der Waals surface area contributed by atoms with Crippen molar-refractivity contribution in [2.24, 2.45) is 7.05 Å². The number of thiophene rings is 1. The van der Waals surface area contributed by atoms with E-state index < -0.39 is 10.0 Å². The zero-order chi connectivity index (χ0) is 14.8. The first kappa shape index (κ1) is 15.1. The van der Waals surface area contributed by atoms with Crippen LogP contribution in [0.5, 0.6) is 0 Å². The van der Waals surface area contributed by atoms with Crippen LogP contribution in [0.15, 0.2) is 17.3 Å². The van der Waals surface area contributed by atoms with Crippen molar-refractivity contribution in [3.8, 4) is 0 Å². The number of rotatable bonds is 6. The van der Waals surface area contributed by atoms with Crippen LogP contribution in [-0.4, -0.2) is 30.2 Å². The summed E-state index contributed by atoms with van der Waals surface area (Å²) in [5.41, 5.74) is 0. The summed E-state index contributed by atoms with van der Waals surface area (Å²) in [7, 11) is 0.0675. The van der Waals surface area contributed by atoms with Gasteiger partial charge in [-0.25, -0.2) is 13.1 Å². The van der Waals surface area contributed by atoms with Gasteiger partial charge >= 0.3 is 0 Å². The lowest BCUT2D eigenvalue weighted by atomic mass is 10.4. The number of nitrogens with zero attached hydrogens (tertiary/aromatic N) is 3. The topological polar surface area (TPSA) is 88.9 Å². The molecule has 0 unspecified atom stereocenters. The van der Waals surface area contributed by atoms with Crippen molar-refractivity contribution < 1.29 is 8.42 Å². The minimum atomic E-state index is -3.53. The molecule has 2 aromatic rings. The fourth-order valence-electron chi connectivity index (χ4n) is 1.76. The summed E-state index contributed by atoms with van der Waals surface area (Å²) in [4.78, 5) is 2.10. The Bertz CT molecular complexity index is 689. The molecule has 0 atom stereocenters. The SMILES string of the molecule is CNCc1cc(S(=O)(=O)NCc2nncn2C)c(C)s1. The summed E-state index contributed by atoms with van der Waals surface area (Å²) < 4.78 is 28.8. The standard InChI is InChI=1S/C11H17N5O2S2/c1-8-10(4-9(19-8)5-12-2)20(17,18)14-6-11-15-13-7-16(11)3/h4,7,12,14H,5-6H2,1-3H3. The fraction of sp³-hybridized carbons (Fsp3) is 0.455. The highest BCUT2D eigenvalue weighted by Crippen LogP contribution is 2.25. The van der Waals surface area contributed by atoms with Crippen molar-refractivity contribution >= 4 is 21.4 Å². The van der Waals surface area contributed by atoms with Crippen LogP contribution in [0, 0.1) is 6.92 Å².